The molecule has 3 rings (SSSR count). The van der Waals surface area contributed by atoms with Crippen LogP contribution in [0.3, 0.4) is 0 Å². The molecule has 0 aliphatic rings. The molecule has 0 bridgehead atoms. The monoisotopic (exact) mass is 301 g/mol. The van der Waals surface area contributed by atoms with Crippen LogP contribution in [0.4, 0.5) is 5.69 Å². The maximum Gasteiger partial charge on any atom is 0.368 e. The Morgan fingerprint density at radius 2 is 1.86 bits per heavy atom. The fourth-order valence-electron chi connectivity index (χ4n) is 1.96. The number of nitro groups is 1. The molecule has 3 aromatic rings. The fraction of sp³-hybridized carbons (Fsp3) is 0. The van der Waals surface area contributed by atoms with E-state index in [1.165, 1.54) is 0 Å². The highest BCUT2D eigenvalue weighted by Crippen LogP contribution is 2.36. The van der Waals surface area contributed by atoms with Crippen molar-refractivity contribution in [1.29, 1.82) is 0 Å². The molecule has 21 heavy (non-hydrogen) atoms. The normalized spacial score (nSPS) is 10.5. The Hall–Kier alpha value is -2.73. The number of nitrogens with zero attached hydrogens (tertiary/aromatic N) is 3. The lowest BCUT2D eigenvalue weighted by molar-refractivity contribution is -0.386. The van der Waals surface area contributed by atoms with Crippen LogP contribution in [0.5, 0.6) is 11.6 Å². The summed E-state index contributed by atoms with van der Waals surface area (Å²) in [5, 5.41) is 12.6. The first-order valence-electron chi connectivity index (χ1n) is 5.97. The minimum Gasteiger partial charge on any atom is -0.433 e. The maximum absolute atomic E-state index is 11.1. The van der Waals surface area contributed by atoms with Crippen molar-refractivity contribution in [2.75, 3.05) is 0 Å². The maximum atomic E-state index is 11.1. The van der Waals surface area contributed by atoms with Crippen LogP contribution in [-0.4, -0.2) is 14.9 Å². The van der Waals surface area contributed by atoms with Crippen molar-refractivity contribution in [3.8, 4) is 11.6 Å². The van der Waals surface area contributed by atoms with Crippen molar-refractivity contribution in [1.82, 2.24) is 9.97 Å². The van der Waals surface area contributed by atoms with E-state index in [0.29, 0.717) is 5.75 Å². The van der Waals surface area contributed by atoms with Crippen LogP contribution in [0.2, 0.25) is 5.15 Å². The lowest BCUT2D eigenvalue weighted by Gasteiger charge is -2.08. The zero-order chi connectivity index (χ0) is 14.8. The van der Waals surface area contributed by atoms with Gasteiger partial charge in [0.05, 0.1) is 4.92 Å². The molecule has 0 unspecified atom stereocenters. The first kappa shape index (κ1) is 13.3. The molecule has 0 aliphatic heterocycles. The second-order valence-corrected chi connectivity index (χ2v) is 4.51. The Morgan fingerprint density at radius 1 is 1.10 bits per heavy atom. The van der Waals surface area contributed by atoms with E-state index >= 15 is 0 Å². The number of aromatic nitrogens is 2. The molecule has 0 atom stereocenters. The van der Waals surface area contributed by atoms with Crippen LogP contribution in [0.15, 0.2) is 48.8 Å². The molecule has 104 valence electrons. The molecule has 0 saturated heterocycles. The summed E-state index contributed by atoms with van der Waals surface area (Å²) in [5.74, 6) is 0.280. The Kier molecular flexibility index (Phi) is 3.37. The Morgan fingerprint density at radius 3 is 2.67 bits per heavy atom. The third-order valence-electron chi connectivity index (χ3n) is 2.88. The van der Waals surface area contributed by atoms with Gasteiger partial charge >= 0.3 is 11.6 Å². The molecular formula is C14H8ClN3O3. The quantitative estimate of drug-likeness (QED) is 0.415. The zero-order valence-corrected chi connectivity index (χ0v) is 11.3. The van der Waals surface area contributed by atoms with Crippen molar-refractivity contribution in [3.63, 3.8) is 0 Å². The number of fused-ring (bicyclic) bond motifs is 1. The van der Waals surface area contributed by atoms with Gasteiger partial charge in [-0.25, -0.2) is 4.98 Å². The zero-order valence-electron chi connectivity index (χ0n) is 10.6. The van der Waals surface area contributed by atoms with Crippen LogP contribution in [-0.2, 0) is 0 Å². The van der Waals surface area contributed by atoms with Gasteiger partial charge in [0.2, 0.25) is 5.15 Å². The second kappa shape index (κ2) is 5.34. The average Bonchev–Trinajstić information content (AvgIpc) is 2.47. The predicted octanol–water partition coefficient (Wildman–Crippen LogP) is 3.98. The van der Waals surface area contributed by atoms with E-state index in [1.807, 2.05) is 30.3 Å². The minimum atomic E-state index is -0.664. The van der Waals surface area contributed by atoms with Crippen LogP contribution in [0.25, 0.3) is 10.8 Å². The fourth-order valence-corrected chi connectivity index (χ4v) is 2.15. The van der Waals surface area contributed by atoms with Gasteiger partial charge in [0.25, 0.3) is 0 Å². The van der Waals surface area contributed by atoms with Crippen molar-refractivity contribution < 1.29 is 9.66 Å². The third-order valence-corrected chi connectivity index (χ3v) is 3.16. The topological polar surface area (TPSA) is 78.2 Å². The molecule has 0 saturated carbocycles. The van der Waals surface area contributed by atoms with Crippen LogP contribution in [0.1, 0.15) is 0 Å². The van der Waals surface area contributed by atoms with Crippen molar-refractivity contribution in [2.45, 2.75) is 0 Å². The summed E-state index contributed by atoms with van der Waals surface area (Å²) in [6.07, 6.45) is 1.12. The Bertz CT molecular complexity index is 833. The van der Waals surface area contributed by atoms with E-state index in [9.17, 15) is 10.1 Å². The van der Waals surface area contributed by atoms with Crippen LogP contribution < -0.4 is 4.74 Å². The Labute approximate surface area is 124 Å². The molecule has 1 heterocycles. The summed E-state index contributed by atoms with van der Waals surface area (Å²) in [7, 11) is 0. The van der Waals surface area contributed by atoms with E-state index < -0.39 is 10.6 Å². The number of hydrogen-bond acceptors (Lipinski definition) is 5. The summed E-state index contributed by atoms with van der Waals surface area (Å²) in [6.45, 7) is 0. The summed E-state index contributed by atoms with van der Waals surface area (Å²) in [6, 6.07) is 13.0. The summed E-state index contributed by atoms with van der Waals surface area (Å²) >= 11 is 5.74. The molecule has 2 aromatic carbocycles. The van der Waals surface area contributed by atoms with E-state index in [0.717, 1.165) is 17.1 Å². The Balaban J connectivity index is 2.12. The number of halogens is 1. The largest absolute Gasteiger partial charge is 0.433 e. The van der Waals surface area contributed by atoms with E-state index in [1.54, 1.807) is 12.1 Å². The third kappa shape index (κ3) is 2.48. The van der Waals surface area contributed by atoms with Gasteiger partial charge < -0.3 is 4.74 Å². The molecule has 1 aromatic heterocycles. The summed E-state index contributed by atoms with van der Waals surface area (Å²) in [5.41, 5.74) is -0.452. The van der Waals surface area contributed by atoms with Crippen LogP contribution >= 0.6 is 11.6 Å². The standard InChI is InChI=1S/C14H8ClN3O3/c15-13-12(18(19)20)14(17-8-16-13)21-11-7-3-5-9-4-1-2-6-10(9)11/h1-8H. The minimum absolute atomic E-state index is 0.184. The molecule has 0 radical (unpaired) electrons. The van der Waals surface area contributed by atoms with Crippen LogP contribution in [0, 0.1) is 10.1 Å². The average molecular weight is 302 g/mol. The van der Waals surface area contributed by atoms with Crippen molar-refractivity contribution in [2.24, 2.45) is 0 Å². The highest BCUT2D eigenvalue weighted by Gasteiger charge is 2.24. The lowest BCUT2D eigenvalue weighted by atomic mass is 10.1. The van der Waals surface area contributed by atoms with Crippen molar-refractivity contribution in [3.05, 3.63) is 64.1 Å². The van der Waals surface area contributed by atoms with Gasteiger partial charge in [0, 0.05) is 5.39 Å². The van der Waals surface area contributed by atoms with Gasteiger partial charge in [-0.15, -0.1) is 0 Å². The van der Waals surface area contributed by atoms with Gasteiger partial charge in [-0.1, -0.05) is 48.0 Å². The first-order valence-corrected chi connectivity index (χ1v) is 6.35. The van der Waals surface area contributed by atoms with Gasteiger partial charge in [0.1, 0.15) is 12.1 Å². The molecule has 0 spiro atoms. The molecule has 0 aliphatic carbocycles. The van der Waals surface area contributed by atoms with Gasteiger partial charge in [0.15, 0.2) is 0 Å². The predicted molar refractivity (Wildman–Crippen MR) is 77.7 cm³/mol. The smallest absolute Gasteiger partial charge is 0.368 e. The van der Waals surface area contributed by atoms with E-state index in [2.05, 4.69) is 9.97 Å². The highest BCUT2D eigenvalue weighted by atomic mass is 35.5. The van der Waals surface area contributed by atoms with Crippen molar-refractivity contribution >= 4 is 28.1 Å². The number of ether oxygens (including phenoxy) is 1. The SMILES string of the molecule is O=[N+]([O-])c1c(Cl)ncnc1Oc1cccc2ccccc12. The number of benzene rings is 2. The second-order valence-electron chi connectivity index (χ2n) is 4.15. The highest BCUT2D eigenvalue weighted by molar-refractivity contribution is 6.31. The number of rotatable bonds is 3. The van der Waals surface area contributed by atoms with Gasteiger partial charge in [-0.05, 0) is 11.5 Å². The lowest BCUT2D eigenvalue weighted by Crippen LogP contribution is -1.98. The van der Waals surface area contributed by atoms with E-state index in [4.69, 9.17) is 16.3 Å². The number of hydrogen-bond donors (Lipinski definition) is 0. The molecule has 7 heteroatoms. The molecule has 0 amide bonds. The molecule has 0 N–H and O–H groups in total. The van der Waals surface area contributed by atoms with E-state index in [-0.39, 0.29) is 11.0 Å². The van der Waals surface area contributed by atoms with Gasteiger partial charge in [-0.2, -0.15) is 4.98 Å². The molecular weight excluding hydrogens is 294 g/mol. The molecule has 0 fully saturated rings. The summed E-state index contributed by atoms with van der Waals surface area (Å²) in [4.78, 5) is 17.8. The molecule has 6 nitrogen and oxygen atoms in total. The summed E-state index contributed by atoms with van der Waals surface area (Å²) < 4.78 is 5.59. The van der Waals surface area contributed by atoms with Gasteiger partial charge in [-0.3, -0.25) is 10.1 Å². The first-order chi connectivity index (χ1) is 10.2.